The van der Waals surface area contributed by atoms with Gasteiger partial charge >= 0.3 is 6.09 Å². The summed E-state index contributed by atoms with van der Waals surface area (Å²) in [6, 6.07) is 19.2. The lowest BCUT2D eigenvalue weighted by Gasteiger charge is -2.44. The summed E-state index contributed by atoms with van der Waals surface area (Å²) in [7, 11) is 0. The van der Waals surface area contributed by atoms with Gasteiger partial charge in [0, 0.05) is 17.5 Å². The van der Waals surface area contributed by atoms with Gasteiger partial charge in [-0.1, -0.05) is 54.6 Å². The Balaban J connectivity index is 1.22. The molecular formula is C27H25NO3. The van der Waals surface area contributed by atoms with E-state index in [1.165, 1.54) is 27.8 Å². The van der Waals surface area contributed by atoms with Crippen LogP contribution in [0.1, 0.15) is 48.3 Å². The van der Waals surface area contributed by atoms with Gasteiger partial charge in [0.25, 0.3) is 0 Å². The Morgan fingerprint density at radius 3 is 2.42 bits per heavy atom. The highest BCUT2D eigenvalue weighted by Gasteiger charge is 2.39. The van der Waals surface area contributed by atoms with E-state index in [1.54, 1.807) is 12.5 Å². The number of benzene rings is 2. The number of piperidine rings is 1. The molecule has 0 saturated carbocycles. The molecule has 6 rings (SSSR count). The first kappa shape index (κ1) is 18.5. The van der Waals surface area contributed by atoms with Crippen molar-refractivity contribution in [3.05, 3.63) is 89.9 Å². The average Bonchev–Trinajstić information content (AvgIpc) is 3.44. The number of amides is 1. The van der Waals surface area contributed by atoms with Crippen molar-refractivity contribution in [3.63, 3.8) is 0 Å². The second kappa shape index (κ2) is 7.45. The van der Waals surface area contributed by atoms with Crippen LogP contribution in [0.3, 0.4) is 0 Å². The molecule has 3 heterocycles. The number of furan rings is 1. The predicted octanol–water partition coefficient (Wildman–Crippen LogP) is 6.24. The van der Waals surface area contributed by atoms with Crippen molar-refractivity contribution in [2.45, 2.75) is 43.7 Å². The maximum atomic E-state index is 13.2. The van der Waals surface area contributed by atoms with E-state index in [1.807, 2.05) is 11.0 Å². The van der Waals surface area contributed by atoms with Crippen LogP contribution in [-0.4, -0.2) is 29.7 Å². The van der Waals surface area contributed by atoms with Crippen molar-refractivity contribution in [2.24, 2.45) is 0 Å². The second-order valence-corrected chi connectivity index (χ2v) is 8.77. The highest BCUT2D eigenvalue weighted by atomic mass is 16.6. The van der Waals surface area contributed by atoms with E-state index in [-0.39, 0.29) is 24.1 Å². The standard InChI is InChI=1S/C27H25NO3/c29-27(28-20-6-5-7-21(28)15-19(14-20)18-12-13-30-16-18)31-17-26-24-10-3-1-8-22(24)23-9-2-4-11-25(23)26/h1-4,8-14,16,20-21,26H,5-7,15,17H2. The summed E-state index contributed by atoms with van der Waals surface area (Å²) in [5.41, 5.74) is 7.41. The zero-order valence-corrected chi connectivity index (χ0v) is 17.4. The number of hydrogen-bond acceptors (Lipinski definition) is 3. The Bertz CT molecular complexity index is 1100. The molecule has 1 saturated heterocycles. The Kier molecular flexibility index (Phi) is 4.45. The number of carbonyl (C=O) groups is 1. The second-order valence-electron chi connectivity index (χ2n) is 8.77. The fourth-order valence-electron chi connectivity index (χ4n) is 5.64. The monoisotopic (exact) mass is 411 g/mol. The molecule has 1 aliphatic carbocycles. The van der Waals surface area contributed by atoms with Crippen molar-refractivity contribution in [2.75, 3.05) is 6.61 Å². The Labute approximate surface area is 182 Å². The molecule has 0 spiro atoms. The molecule has 0 radical (unpaired) electrons. The Hall–Kier alpha value is -3.27. The number of nitrogens with zero attached hydrogens (tertiary/aromatic N) is 1. The first-order valence-electron chi connectivity index (χ1n) is 11.2. The Morgan fingerprint density at radius 2 is 1.74 bits per heavy atom. The maximum absolute atomic E-state index is 13.2. The van der Waals surface area contributed by atoms with Gasteiger partial charge in [0.2, 0.25) is 0 Å². The van der Waals surface area contributed by atoms with E-state index in [9.17, 15) is 4.79 Å². The summed E-state index contributed by atoms with van der Waals surface area (Å²) in [6.45, 7) is 0.376. The summed E-state index contributed by atoms with van der Waals surface area (Å²) in [6.07, 6.45) is 9.59. The van der Waals surface area contributed by atoms with E-state index >= 15 is 0 Å². The summed E-state index contributed by atoms with van der Waals surface area (Å²) in [5.74, 6) is 0.0954. The first-order valence-corrected chi connectivity index (χ1v) is 11.2. The van der Waals surface area contributed by atoms with Gasteiger partial charge in [0.1, 0.15) is 6.61 Å². The number of fused-ring (bicyclic) bond motifs is 5. The molecule has 0 N–H and O–H groups in total. The first-order chi connectivity index (χ1) is 15.3. The molecule has 1 fully saturated rings. The zero-order valence-electron chi connectivity index (χ0n) is 17.4. The van der Waals surface area contributed by atoms with Gasteiger partial charge in [0.15, 0.2) is 0 Å². The lowest BCUT2D eigenvalue weighted by Crippen LogP contribution is -2.51. The van der Waals surface area contributed by atoms with Crippen molar-refractivity contribution in [3.8, 4) is 11.1 Å². The molecule has 2 atom stereocenters. The Morgan fingerprint density at radius 1 is 1.00 bits per heavy atom. The van der Waals surface area contributed by atoms with E-state index in [4.69, 9.17) is 9.15 Å². The number of rotatable bonds is 3. The van der Waals surface area contributed by atoms with Gasteiger partial charge in [0.05, 0.1) is 18.6 Å². The van der Waals surface area contributed by atoms with Crippen LogP contribution in [0.25, 0.3) is 16.7 Å². The topological polar surface area (TPSA) is 42.7 Å². The van der Waals surface area contributed by atoms with Crippen LogP contribution in [-0.2, 0) is 4.74 Å². The molecule has 3 aliphatic rings. The molecule has 3 aromatic rings. The summed E-state index contributed by atoms with van der Waals surface area (Å²) < 4.78 is 11.3. The molecule has 31 heavy (non-hydrogen) atoms. The molecule has 4 nitrogen and oxygen atoms in total. The quantitative estimate of drug-likeness (QED) is 0.512. The molecule has 2 unspecified atom stereocenters. The van der Waals surface area contributed by atoms with Crippen molar-refractivity contribution in [1.29, 1.82) is 0 Å². The highest BCUT2D eigenvalue weighted by molar-refractivity contribution is 5.79. The molecule has 1 aromatic heterocycles. The summed E-state index contributed by atoms with van der Waals surface area (Å²) >= 11 is 0. The fraction of sp³-hybridized carbons (Fsp3) is 0.296. The van der Waals surface area contributed by atoms with Gasteiger partial charge in [-0.05, 0) is 59.6 Å². The highest BCUT2D eigenvalue weighted by Crippen LogP contribution is 2.45. The largest absolute Gasteiger partial charge is 0.472 e. The molecule has 4 heteroatoms. The van der Waals surface area contributed by atoms with Gasteiger partial charge in [-0.15, -0.1) is 0 Å². The molecule has 2 bridgehead atoms. The van der Waals surface area contributed by atoms with Crippen molar-refractivity contribution >= 4 is 11.7 Å². The van der Waals surface area contributed by atoms with Gasteiger partial charge in [-0.3, -0.25) is 4.90 Å². The summed E-state index contributed by atoms with van der Waals surface area (Å²) in [4.78, 5) is 15.2. The third-order valence-electron chi connectivity index (χ3n) is 7.08. The molecule has 1 amide bonds. The lowest BCUT2D eigenvalue weighted by atomic mass is 9.84. The van der Waals surface area contributed by atoms with Crippen LogP contribution in [0.4, 0.5) is 4.79 Å². The minimum absolute atomic E-state index is 0.0954. The fourth-order valence-corrected chi connectivity index (χ4v) is 5.64. The van der Waals surface area contributed by atoms with E-state index in [2.05, 4.69) is 54.6 Å². The van der Waals surface area contributed by atoms with Crippen LogP contribution in [0.2, 0.25) is 0 Å². The van der Waals surface area contributed by atoms with E-state index in [0.29, 0.717) is 6.61 Å². The number of hydrogen-bond donors (Lipinski definition) is 0. The number of carbonyl (C=O) groups excluding carboxylic acids is 1. The van der Waals surface area contributed by atoms with Crippen LogP contribution < -0.4 is 0 Å². The van der Waals surface area contributed by atoms with E-state index < -0.39 is 0 Å². The molecule has 156 valence electrons. The van der Waals surface area contributed by atoms with Crippen LogP contribution >= 0.6 is 0 Å². The third kappa shape index (κ3) is 3.09. The van der Waals surface area contributed by atoms with Crippen molar-refractivity contribution in [1.82, 2.24) is 4.90 Å². The van der Waals surface area contributed by atoms with Gasteiger partial charge in [-0.25, -0.2) is 4.79 Å². The minimum Gasteiger partial charge on any atom is -0.472 e. The third-order valence-corrected chi connectivity index (χ3v) is 7.08. The zero-order chi connectivity index (χ0) is 20.8. The SMILES string of the molecule is O=C(OCC1c2ccccc2-c2ccccc21)N1C2C=C(c3ccoc3)CC1CCC2. The predicted molar refractivity (Wildman–Crippen MR) is 120 cm³/mol. The van der Waals surface area contributed by atoms with Crippen molar-refractivity contribution < 1.29 is 13.9 Å². The summed E-state index contributed by atoms with van der Waals surface area (Å²) in [5, 5.41) is 0. The molecular weight excluding hydrogens is 386 g/mol. The minimum atomic E-state index is -0.181. The van der Waals surface area contributed by atoms with Crippen LogP contribution in [0.5, 0.6) is 0 Å². The van der Waals surface area contributed by atoms with Gasteiger partial charge < -0.3 is 9.15 Å². The van der Waals surface area contributed by atoms with Gasteiger partial charge in [-0.2, -0.15) is 0 Å². The molecule has 2 aliphatic heterocycles. The number of ether oxygens (including phenoxy) is 1. The smallest absolute Gasteiger partial charge is 0.410 e. The average molecular weight is 412 g/mol. The molecule has 2 aromatic carbocycles. The van der Waals surface area contributed by atoms with E-state index in [0.717, 1.165) is 31.2 Å². The van der Waals surface area contributed by atoms with Crippen LogP contribution in [0, 0.1) is 0 Å². The lowest BCUT2D eigenvalue weighted by molar-refractivity contribution is 0.0539. The van der Waals surface area contributed by atoms with Crippen LogP contribution in [0.15, 0.2) is 77.6 Å². The normalized spacial score (nSPS) is 21.9. The maximum Gasteiger partial charge on any atom is 0.410 e.